The molecule has 6 nitrogen and oxygen atoms in total. The van der Waals surface area contributed by atoms with Crippen molar-refractivity contribution in [3.8, 4) is 0 Å². The van der Waals surface area contributed by atoms with Crippen molar-refractivity contribution in [2.24, 2.45) is 0 Å². The highest BCUT2D eigenvalue weighted by Crippen LogP contribution is 2.26. The predicted molar refractivity (Wildman–Crippen MR) is 81.3 cm³/mol. The first-order chi connectivity index (χ1) is 10.1. The second kappa shape index (κ2) is 4.90. The summed E-state index contributed by atoms with van der Waals surface area (Å²) in [4.78, 5) is 29.5. The van der Waals surface area contributed by atoms with Gasteiger partial charge in [0.15, 0.2) is 0 Å². The van der Waals surface area contributed by atoms with Gasteiger partial charge in [-0.15, -0.1) is 0 Å². The average Bonchev–Trinajstić information content (AvgIpc) is 2.47. The van der Waals surface area contributed by atoms with Crippen molar-refractivity contribution < 1.29 is 0 Å². The summed E-state index contributed by atoms with van der Waals surface area (Å²) in [6.45, 7) is 2.25. The predicted octanol–water partition coefficient (Wildman–Crippen LogP) is 1.02. The molecule has 6 heteroatoms. The lowest BCUT2D eigenvalue weighted by Crippen LogP contribution is -2.28. The zero-order valence-corrected chi connectivity index (χ0v) is 11.5. The van der Waals surface area contributed by atoms with Crippen molar-refractivity contribution in [1.29, 1.82) is 0 Å². The van der Waals surface area contributed by atoms with E-state index in [1.807, 2.05) is 25.1 Å². The van der Waals surface area contributed by atoms with Crippen LogP contribution in [0.15, 0.2) is 46.2 Å². The van der Waals surface area contributed by atoms with Crippen LogP contribution in [0.25, 0.3) is 10.9 Å². The highest BCUT2D eigenvalue weighted by molar-refractivity contribution is 5.93. The molecule has 3 rings (SSSR count). The molecule has 0 aliphatic heterocycles. The van der Waals surface area contributed by atoms with Crippen LogP contribution in [0.4, 0.5) is 5.69 Å². The Morgan fingerprint density at radius 3 is 2.90 bits per heavy atom. The van der Waals surface area contributed by atoms with E-state index < -0.39 is 11.2 Å². The zero-order valence-electron chi connectivity index (χ0n) is 11.5. The molecule has 0 aliphatic rings. The van der Waals surface area contributed by atoms with Crippen molar-refractivity contribution in [3.63, 3.8) is 0 Å². The highest BCUT2D eigenvalue weighted by Gasteiger charge is 2.09. The van der Waals surface area contributed by atoms with Crippen LogP contribution < -0.4 is 17.0 Å². The molecule has 0 bridgehead atoms. The van der Waals surface area contributed by atoms with E-state index in [0.29, 0.717) is 12.2 Å². The van der Waals surface area contributed by atoms with Crippen LogP contribution in [0.2, 0.25) is 0 Å². The number of hydrogen-bond acceptors (Lipinski definition) is 4. The van der Waals surface area contributed by atoms with E-state index in [0.717, 1.165) is 22.0 Å². The number of hydrogen-bond donors (Lipinski definition) is 2. The molecule has 1 aromatic carbocycles. The van der Waals surface area contributed by atoms with E-state index in [2.05, 4.69) is 9.97 Å². The molecule has 0 atom stereocenters. The lowest BCUT2D eigenvalue weighted by molar-refractivity contribution is 0.723. The van der Waals surface area contributed by atoms with Crippen molar-refractivity contribution in [1.82, 2.24) is 14.5 Å². The summed E-state index contributed by atoms with van der Waals surface area (Å²) in [6, 6.07) is 7.02. The number of nitrogens with one attached hydrogen (secondary N) is 1. The highest BCUT2D eigenvalue weighted by atomic mass is 16.2. The number of fused-ring (bicyclic) bond motifs is 1. The van der Waals surface area contributed by atoms with Crippen LogP contribution in [0, 0.1) is 6.92 Å². The van der Waals surface area contributed by atoms with Gasteiger partial charge in [0.2, 0.25) is 0 Å². The van der Waals surface area contributed by atoms with Crippen LogP contribution in [0.5, 0.6) is 0 Å². The fraction of sp³-hybridized carbons (Fsp3) is 0.133. The van der Waals surface area contributed by atoms with Crippen molar-refractivity contribution in [2.45, 2.75) is 13.5 Å². The maximum absolute atomic E-state index is 11.8. The zero-order chi connectivity index (χ0) is 15.0. The summed E-state index contributed by atoms with van der Waals surface area (Å²) < 4.78 is 1.44. The molecule has 2 heterocycles. The molecule has 0 fully saturated rings. The van der Waals surface area contributed by atoms with Crippen LogP contribution in [-0.4, -0.2) is 14.5 Å². The van der Waals surface area contributed by atoms with Gasteiger partial charge in [0.25, 0.3) is 5.56 Å². The first-order valence-corrected chi connectivity index (χ1v) is 6.49. The van der Waals surface area contributed by atoms with E-state index in [1.165, 1.54) is 16.8 Å². The number of rotatable bonds is 2. The molecule has 21 heavy (non-hydrogen) atoms. The molecular weight excluding hydrogens is 268 g/mol. The smallest absolute Gasteiger partial charge is 0.328 e. The molecule has 0 saturated heterocycles. The number of anilines is 1. The fourth-order valence-corrected chi connectivity index (χ4v) is 2.37. The van der Waals surface area contributed by atoms with Gasteiger partial charge in [-0.25, -0.2) is 4.79 Å². The minimum atomic E-state index is -0.436. The first-order valence-electron chi connectivity index (χ1n) is 6.49. The summed E-state index contributed by atoms with van der Waals surface area (Å²) >= 11 is 0. The molecular formula is C15H14N4O2. The molecule has 2 aromatic heterocycles. The van der Waals surface area contributed by atoms with E-state index in [-0.39, 0.29) is 0 Å². The normalized spacial score (nSPS) is 10.9. The lowest BCUT2D eigenvalue weighted by atomic mass is 10.0. The maximum Gasteiger partial charge on any atom is 0.328 e. The lowest BCUT2D eigenvalue weighted by Gasteiger charge is -2.12. The molecule has 0 radical (unpaired) electrons. The topological polar surface area (TPSA) is 93.8 Å². The Labute approximate surface area is 119 Å². The Balaban J connectivity index is 2.19. The molecule has 106 valence electrons. The number of benzene rings is 1. The van der Waals surface area contributed by atoms with Gasteiger partial charge >= 0.3 is 5.69 Å². The molecule has 0 spiro atoms. The van der Waals surface area contributed by atoms with E-state index in [9.17, 15) is 9.59 Å². The van der Waals surface area contributed by atoms with Crippen molar-refractivity contribution in [2.75, 3.05) is 5.73 Å². The van der Waals surface area contributed by atoms with Crippen LogP contribution in [0.3, 0.4) is 0 Å². The maximum atomic E-state index is 11.8. The van der Waals surface area contributed by atoms with Crippen LogP contribution in [-0.2, 0) is 6.54 Å². The average molecular weight is 282 g/mol. The minimum Gasteiger partial charge on any atom is -0.397 e. The number of aryl methyl sites for hydroxylation is 1. The number of aromatic amines is 1. The van der Waals surface area contributed by atoms with Gasteiger partial charge in [0.1, 0.15) is 0 Å². The monoisotopic (exact) mass is 282 g/mol. The SMILES string of the molecule is Cc1cc(Cn2ccc(=O)[nH]c2=O)c2cccnc2c1N. The molecule has 0 unspecified atom stereocenters. The number of pyridine rings is 1. The molecule has 0 amide bonds. The first kappa shape index (κ1) is 13.1. The summed E-state index contributed by atoms with van der Waals surface area (Å²) in [5.41, 5.74) is 8.42. The van der Waals surface area contributed by atoms with Gasteiger partial charge in [-0.3, -0.25) is 19.3 Å². The van der Waals surface area contributed by atoms with Crippen LogP contribution >= 0.6 is 0 Å². The standard InChI is InChI=1S/C15H14N4O2/c1-9-7-10(8-19-6-4-12(20)18-15(19)21)11-3-2-5-17-14(11)13(9)16/h2-7H,8,16H2,1H3,(H,18,20,21). The Morgan fingerprint density at radius 2 is 2.14 bits per heavy atom. The van der Waals surface area contributed by atoms with Gasteiger partial charge in [-0.2, -0.15) is 0 Å². The molecule has 3 aromatic rings. The number of nitrogens with zero attached hydrogens (tertiary/aromatic N) is 2. The third kappa shape index (κ3) is 2.31. The summed E-state index contributed by atoms with van der Waals surface area (Å²) in [5.74, 6) is 0. The van der Waals surface area contributed by atoms with Gasteiger partial charge < -0.3 is 5.73 Å². The number of nitrogens with two attached hydrogens (primary N) is 1. The summed E-state index contributed by atoms with van der Waals surface area (Å²) in [6.07, 6.45) is 3.17. The largest absolute Gasteiger partial charge is 0.397 e. The number of aromatic nitrogens is 3. The van der Waals surface area contributed by atoms with Gasteiger partial charge in [-0.05, 0) is 24.1 Å². The molecule has 0 aliphatic carbocycles. The van der Waals surface area contributed by atoms with Crippen molar-refractivity contribution in [3.05, 3.63) is 68.6 Å². The Morgan fingerprint density at radius 1 is 1.33 bits per heavy atom. The second-order valence-electron chi connectivity index (χ2n) is 4.90. The fourth-order valence-electron chi connectivity index (χ4n) is 2.37. The van der Waals surface area contributed by atoms with E-state index in [1.54, 1.807) is 6.20 Å². The Hall–Kier alpha value is -2.89. The third-order valence-electron chi connectivity index (χ3n) is 3.46. The minimum absolute atomic E-state index is 0.346. The van der Waals surface area contributed by atoms with Gasteiger partial charge in [0, 0.05) is 23.8 Å². The van der Waals surface area contributed by atoms with Gasteiger partial charge in [-0.1, -0.05) is 12.1 Å². The summed E-state index contributed by atoms with van der Waals surface area (Å²) in [7, 11) is 0. The van der Waals surface area contributed by atoms with Crippen LogP contribution in [0.1, 0.15) is 11.1 Å². The number of nitrogen functional groups attached to an aromatic ring is 1. The molecule has 0 saturated carbocycles. The van der Waals surface area contributed by atoms with E-state index >= 15 is 0 Å². The number of H-pyrrole nitrogens is 1. The second-order valence-corrected chi connectivity index (χ2v) is 4.90. The summed E-state index contributed by atoms with van der Waals surface area (Å²) in [5, 5.41) is 0.902. The van der Waals surface area contributed by atoms with Crippen molar-refractivity contribution >= 4 is 16.6 Å². The molecule has 3 N–H and O–H groups in total. The third-order valence-corrected chi connectivity index (χ3v) is 3.46. The Bertz CT molecular complexity index is 940. The Kier molecular flexibility index (Phi) is 3.06. The quantitative estimate of drug-likeness (QED) is 0.686. The van der Waals surface area contributed by atoms with Gasteiger partial charge in [0.05, 0.1) is 17.7 Å². The van der Waals surface area contributed by atoms with E-state index in [4.69, 9.17) is 5.73 Å².